The first-order valence-corrected chi connectivity index (χ1v) is 4.06. The Bertz CT molecular complexity index is 438. The van der Waals surface area contributed by atoms with Gasteiger partial charge in [-0.25, -0.2) is 0 Å². The third-order valence-electron chi connectivity index (χ3n) is 1.52. The molecule has 0 aliphatic heterocycles. The van der Waals surface area contributed by atoms with Crippen LogP contribution in [-0.2, 0) is 0 Å². The predicted molar refractivity (Wildman–Crippen MR) is 44.5 cm³/mol. The molecular formula is C9H4F5NO2. The number of hydrogen-bond acceptors (Lipinski definition) is 3. The Morgan fingerprint density at radius 2 is 1.88 bits per heavy atom. The standard InChI is InChI=1S/C9H4F5NO2/c10-8(11)16-7-3-6(17-9(12,13)14)2-1-5(7)4-15/h1-3,8H. The lowest BCUT2D eigenvalue weighted by Gasteiger charge is -2.11. The maximum absolute atomic E-state index is 11.9. The van der Waals surface area contributed by atoms with Crippen molar-refractivity contribution in [1.82, 2.24) is 0 Å². The molecule has 0 aromatic heterocycles. The topological polar surface area (TPSA) is 42.2 Å². The molecular weight excluding hydrogens is 249 g/mol. The molecule has 0 saturated carbocycles. The molecule has 0 spiro atoms. The van der Waals surface area contributed by atoms with Gasteiger partial charge in [-0.1, -0.05) is 0 Å². The maximum Gasteiger partial charge on any atom is 0.573 e. The largest absolute Gasteiger partial charge is 0.573 e. The highest BCUT2D eigenvalue weighted by molar-refractivity contribution is 5.47. The Hall–Kier alpha value is -2.04. The molecule has 1 aromatic rings. The monoisotopic (exact) mass is 253 g/mol. The Morgan fingerprint density at radius 3 is 2.35 bits per heavy atom. The quantitative estimate of drug-likeness (QED) is 0.777. The van der Waals surface area contributed by atoms with Crippen LogP contribution in [0.4, 0.5) is 22.0 Å². The van der Waals surface area contributed by atoms with Crippen LogP contribution in [-0.4, -0.2) is 13.0 Å². The van der Waals surface area contributed by atoms with Crippen molar-refractivity contribution in [1.29, 1.82) is 5.26 Å². The van der Waals surface area contributed by atoms with Gasteiger partial charge in [-0.15, -0.1) is 13.2 Å². The number of nitrogens with zero attached hydrogens (tertiary/aromatic N) is 1. The van der Waals surface area contributed by atoms with Gasteiger partial charge in [0.1, 0.15) is 17.6 Å². The van der Waals surface area contributed by atoms with Crippen molar-refractivity contribution in [3.05, 3.63) is 23.8 Å². The van der Waals surface area contributed by atoms with Crippen LogP contribution in [0.25, 0.3) is 0 Å². The molecule has 0 saturated heterocycles. The minimum atomic E-state index is -4.95. The first kappa shape index (κ1) is 13.0. The number of nitriles is 1. The highest BCUT2D eigenvalue weighted by Crippen LogP contribution is 2.29. The molecule has 0 bridgehead atoms. The van der Waals surface area contributed by atoms with Gasteiger partial charge in [0.2, 0.25) is 0 Å². The van der Waals surface area contributed by atoms with Crippen molar-refractivity contribution >= 4 is 0 Å². The van der Waals surface area contributed by atoms with E-state index in [9.17, 15) is 22.0 Å². The summed E-state index contributed by atoms with van der Waals surface area (Å²) in [5.74, 6) is -1.42. The molecule has 3 nitrogen and oxygen atoms in total. The van der Waals surface area contributed by atoms with Crippen molar-refractivity contribution in [2.45, 2.75) is 13.0 Å². The Labute approximate surface area is 92.0 Å². The van der Waals surface area contributed by atoms with E-state index in [1.54, 1.807) is 0 Å². The summed E-state index contributed by atoms with van der Waals surface area (Å²) >= 11 is 0. The zero-order chi connectivity index (χ0) is 13.1. The van der Waals surface area contributed by atoms with E-state index < -0.39 is 24.5 Å². The summed E-state index contributed by atoms with van der Waals surface area (Å²) in [5.41, 5.74) is -0.320. The van der Waals surface area contributed by atoms with Crippen molar-refractivity contribution in [2.24, 2.45) is 0 Å². The minimum Gasteiger partial charge on any atom is -0.433 e. The second-order valence-corrected chi connectivity index (χ2v) is 2.70. The van der Waals surface area contributed by atoms with Gasteiger partial charge < -0.3 is 9.47 Å². The fourth-order valence-electron chi connectivity index (χ4n) is 0.986. The van der Waals surface area contributed by atoms with E-state index in [-0.39, 0.29) is 5.56 Å². The first-order valence-electron chi connectivity index (χ1n) is 4.06. The lowest BCUT2D eigenvalue weighted by molar-refractivity contribution is -0.274. The molecule has 0 atom stereocenters. The highest BCUT2D eigenvalue weighted by Gasteiger charge is 2.31. The summed E-state index contributed by atoms with van der Waals surface area (Å²) in [6, 6.07) is 3.77. The normalized spacial score (nSPS) is 11.1. The van der Waals surface area contributed by atoms with E-state index in [1.165, 1.54) is 6.07 Å². The van der Waals surface area contributed by atoms with Crippen molar-refractivity contribution in [2.75, 3.05) is 0 Å². The number of hydrogen-bond donors (Lipinski definition) is 0. The number of halogens is 5. The van der Waals surface area contributed by atoms with E-state index in [0.29, 0.717) is 6.07 Å². The molecule has 0 fully saturated rings. The van der Waals surface area contributed by atoms with Crippen LogP contribution in [0.2, 0.25) is 0 Å². The van der Waals surface area contributed by atoms with E-state index in [4.69, 9.17) is 5.26 Å². The zero-order valence-corrected chi connectivity index (χ0v) is 7.96. The van der Waals surface area contributed by atoms with Crippen LogP contribution >= 0.6 is 0 Å². The van der Waals surface area contributed by atoms with E-state index in [1.807, 2.05) is 0 Å². The third-order valence-corrected chi connectivity index (χ3v) is 1.52. The van der Waals surface area contributed by atoms with Gasteiger partial charge in [-0.3, -0.25) is 0 Å². The Kier molecular flexibility index (Phi) is 3.73. The smallest absolute Gasteiger partial charge is 0.433 e. The second-order valence-electron chi connectivity index (χ2n) is 2.70. The van der Waals surface area contributed by atoms with E-state index in [2.05, 4.69) is 9.47 Å². The summed E-state index contributed by atoms with van der Waals surface area (Å²) < 4.78 is 66.7. The molecule has 92 valence electrons. The molecule has 1 rings (SSSR count). The van der Waals surface area contributed by atoms with Gasteiger partial charge in [-0.05, 0) is 12.1 Å². The molecule has 1 aromatic carbocycles. The van der Waals surface area contributed by atoms with Gasteiger partial charge in [-0.2, -0.15) is 14.0 Å². The second kappa shape index (κ2) is 4.86. The van der Waals surface area contributed by atoms with Gasteiger partial charge in [0.15, 0.2) is 0 Å². The molecule has 0 radical (unpaired) electrons. The minimum absolute atomic E-state index is 0.320. The van der Waals surface area contributed by atoms with E-state index in [0.717, 1.165) is 12.1 Å². The highest BCUT2D eigenvalue weighted by atomic mass is 19.4. The lowest BCUT2D eigenvalue weighted by Crippen LogP contribution is -2.17. The number of rotatable bonds is 3. The molecule has 0 amide bonds. The van der Waals surface area contributed by atoms with Crippen molar-refractivity contribution < 1.29 is 31.4 Å². The first-order chi connectivity index (χ1) is 7.81. The van der Waals surface area contributed by atoms with Crippen LogP contribution in [0.15, 0.2) is 18.2 Å². The predicted octanol–water partition coefficient (Wildman–Crippen LogP) is 3.06. The molecule has 0 N–H and O–H groups in total. The fourth-order valence-corrected chi connectivity index (χ4v) is 0.986. The van der Waals surface area contributed by atoms with Gasteiger partial charge >= 0.3 is 13.0 Å². The third kappa shape index (κ3) is 4.14. The molecule has 8 heteroatoms. The van der Waals surface area contributed by atoms with Crippen LogP contribution in [0, 0.1) is 11.3 Å². The Balaban J connectivity index is 3.01. The average Bonchev–Trinajstić information content (AvgIpc) is 2.14. The SMILES string of the molecule is N#Cc1ccc(OC(F)(F)F)cc1OC(F)F. The summed E-state index contributed by atoms with van der Waals surface area (Å²) in [5, 5.41) is 8.52. The summed E-state index contributed by atoms with van der Waals surface area (Å²) in [7, 11) is 0. The maximum atomic E-state index is 11.9. The summed E-state index contributed by atoms with van der Waals surface area (Å²) in [6.45, 7) is -3.25. The number of benzene rings is 1. The fraction of sp³-hybridized carbons (Fsp3) is 0.222. The van der Waals surface area contributed by atoms with Crippen molar-refractivity contribution in [3.8, 4) is 17.6 Å². The molecule has 0 aliphatic carbocycles. The van der Waals surface area contributed by atoms with Crippen LogP contribution in [0.3, 0.4) is 0 Å². The van der Waals surface area contributed by atoms with Crippen LogP contribution in [0.1, 0.15) is 5.56 Å². The molecule has 17 heavy (non-hydrogen) atoms. The molecule has 0 aliphatic rings. The molecule has 0 unspecified atom stereocenters. The van der Waals surface area contributed by atoms with Crippen LogP contribution in [0.5, 0.6) is 11.5 Å². The van der Waals surface area contributed by atoms with Gasteiger partial charge in [0.25, 0.3) is 0 Å². The average molecular weight is 253 g/mol. The van der Waals surface area contributed by atoms with Gasteiger partial charge in [0.05, 0.1) is 5.56 Å². The number of alkyl halides is 5. The zero-order valence-electron chi connectivity index (χ0n) is 7.96. The van der Waals surface area contributed by atoms with Gasteiger partial charge in [0, 0.05) is 6.07 Å². The van der Waals surface area contributed by atoms with Crippen molar-refractivity contribution in [3.63, 3.8) is 0 Å². The summed E-state index contributed by atoms with van der Waals surface area (Å²) in [6.07, 6.45) is -4.95. The Morgan fingerprint density at radius 1 is 1.24 bits per heavy atom. The lowest BCUT2D eigenvalue weighted by atomic mass is 10.2. The van der Waals surface area contributed by atoms with Crippen LogP contribution < -0.4 is 9.47 Å². The van der Waals surface area contributed by atoms with E-state index >= 15 is 0 Å². The molecule has 0 heterocycles. The number of ether oxygens (including phenoxy) is 2. The summed E-state index contributed by atoms with van der Waals surface area (Å²) in [4.78, 5) is 0.